The second-order valence-corrected chi connectivity index (χ2v) is 12.3. The molecule has 8 nitrogen and oxygen atoms in total. The molecule has 6 rings (SSSR count). The summed E-state index contributed by atoms with van der Waals surface area (Å²) in [7, 11) is 0. The molecule has 0 radical (unpaired) electrons. The fourth-order valence-electron chi connectivity index (χ4n) is 5.80. The van der Waals surface area contributed by atoms with Crippen molar-refractivity contribution in [2.45, 2.75) is 32.4 Å². The third kappa shape index (κ3) is 5.59. The van der Waals surface area contributed by atoms with Crippen molar-refractivity contribution >= 4 is 52.2 Å². The minimum absolute atomic E-state index is 0.0552. The molecule has 2 fully saturated rings. The number of rotatable bonds is 8. The van der Waals surface area contributed by atoms with Crippen molar-refractivity contribution in [2.75, 3.05) is 49.5 Å². The normalized spacial score (nSPS) is 17.6. The van der Waals surface area contributed by atoms with Crippen molar-refractivity contribution < 1.29 is 14.4 Å². The molecule has 3 aliphatic heterocycles. The van der Waals surface area contributed by atoms with Crippen molar-refractivity contribution in [2.24, 2.45) is 0 Å². The Labute approximate surface area is 243 Å². The molecule has 0 atom stereocenters. The maximum Gasteiger partial charge on any atom is 0.324 e. The molecule has 10 heteroatoms. The Bertz CT molecular complexity index is 1440. The highest BCUT2D eigenvalue weighted by atomic mass is 35.5. The van der Waals surface area contributed by atoms with E-state index in [2.05, 4.69) is 10.2 Å². The molecular formula is C30H32ClN5O3S. The van der Waals surface area contributed by atoms with Gasteiger partial charge in [-0.3, -0.25) is 14.5 Å². The average Bonchev–Trinajstić information content (AvgIpc) is 3.70. The topological polar surface area (TPSA) is 76.2 Å². The molecule has 4 heterocycles. The summed E-state index contributed by atoms with van der Waals surface area (Å²) in [5.74, 6) is -0.317. The van der Waals surface area contributed by atoms with Crippen LogP contribution in [0.1, 0.15) is 50.4 Å². The first-order valence-corrected chi connectivity index (χ1v) is 15.0. The number of carbonyl (C=O) groups is 3. The van der Waals surface area contributed by atoms with Crippen molar-refractivity contribution in [3.05, 3.63) is 80.5 Å². The molecule has 3 aromatic rings. The Balaban J connectivity index is 1.13. The van der Waals surface area contributed by atoms with Gasteiger partial charge >= 0.3 is 6.03 Å². The lowest BCUT2D eigenvalue weighted by Crippen LogP contribution is -2.51. The summed E-state index contributed by atoms with van der Waals surface area (Å²) in [5, 5.41) is 2.95. The van der Waals surface area contributed by atoms with E-state index in [1.807, 2.05) is 40.1 Å². The predicted molar refractivity (Wildman–Crippen MR) is 158 cm³/mol. The van der Waals surface area contributed by atoms with Crippen LogP contribution in [-0.2, 0) is 13.1 Å². The van der Waals surface area contributed by atoms with E-state index < -0.39 is 0 Å². The van der Waals surface area contributed by atoms with Gasteiger partial charge in [-0.2, -0.15) is 0 Å². The van der Waals surface area contributed by atoms with Crippen LogP contribution in [0.4, 0.5) is 16.2 Å². The summed E-state index contributed by atoms with van der Waals surface area (Å²) >= 11 is 7.21. The maximum atomic E-state index is 13.3. The SMILES string of the molecule is O=C(Nc1cccc2c1CN(Cc1cccc(N3CCCN(CCN4CCCC4)C3=O)c1)C2=O)c1ccc(Cl)s1. The van der Waals surface area contributed by atoms with E-state index in [4.69, 9.17) is 11.6 Å². The van der Waals surface area contributed by atoms with E-state index in [9.17, 15) is 14.4 Å². The molecule has 208 valence electrons. The number of carbonyl (C=O) groups excluding carboxylic acids is 3. The Morgan fingerprint density at radius 2 is 1.73 bits per heavy atom. The molecule has 0 bridgehead atoms. The first-order chi connectivity index (χ1) is 19.5. The monoisotopic (exact) mass is 577 g/mol. The quantitative estimate of drug-likeness (QED) is 0.381. The number of amides is 4. The minimum atomic E-state index is -0.246. The highest BCUT2D eigenvalue weighted by Gasteiger charge is 2.31. The lowest BCUT2D eigenvalue weighted by atomic mass is 10.1. The number of thiophene rings is 1. The molecule has 0 saturated carbocycles. The largest absolute Gasteiger partial charge is 0.330 e. The molecular weight excluding hydrogens is 546 g/mol. The van der Waals surface area contributed by atoms with Gasteiger partial charge in [0.05, 0.1) is 9.21 Å². The molecule has 0 spiro atoms. The fourth-order valence-corrected chi connectivity index (χ4v) is 6.73. The first-order valence-electron chi connectivity index (χ1n) is 13.8. The smallest absolute Gasteiger partial charge is 0.324 e. The minimum Gasteiger partial charge on any atom is -0.330 e. The Morgan fingerprint density at radius 1 is 0.900 bits per heavy atom. The summed E-state index contributed by atoms with van der Waals surface area (Å²) < 4.78 is 0.549. The van der Waals surface area contributed by atoms with Crippen LogP contribution >= 0.6 is 22.9 Å². The number of urea groups is 1. The van der Waals surface area contributed by atoms with Crippen LogP contribution in [0, 0.1) is 0 Å². The Kier molecular flexibility index (Phi) is 7.78. The van der Waals surface area contributed by atoms with Crippen LogP contribution in [0.5, 0.6) is 0 Å². The van der Waals surface area contributed by atoms with Gasteiger partial charge in [-0.1, -0.05) is 29.8 Å². The number of halogens is 1. The summed E-state index contributed by atoms with van der Waals surface area (Å²) in [5.41, 5.74) is 3.85. The van der Waals surface area contributed by atoms with E-state index in [0.717, 1.165) is 56.0 Å². The van der Waals surface area contributed by atoms with Gasteiger partial charge in [-0.25, -0.2) is 4.79 Å². The fraction of sp³-hybridized carbons (Fsp3) is 0.367. The second kappa shape index (κ2) is 11.6. The van der Waals surface area contributed by atoms with Gasteiger partial charge in [0, 0.05) is 61.8 Å². The standard InChI is InChI=1S/C30H32ClN5O3S/c31-27-11-10-26(40-27)28(37)32-25-9-4-8-23-24(25)20-35(29(23)38)19-21-6-3-7-22(18-21)36-15-5-14-34(30(36)39)17-16-33-12-1-2-13-33/h3-4,6-11,18H,1-2,5,12-17,19-20H2,(H,32,37). The lowest BCUT2D eigenvalue weighted by Gasteiger charge is -2.36. The Hall–Kier alpha value is -3.40. The zero-order chi connectivity index (χ0) is 27.6. The number of anilines is 2. The molecule has 1 N–H and O–H groups in total. The van der Waals surface area contributed by atoms with Gasteiger partial charge in [0.1, 0.15) is 0 Å². The van der Waals surface area contributed by atoms with Crippen LogP contribution in [0.2, 0.25) is 4.34 Å². The zero-order valence-corrected chi connectivity index (χ0v) is 23.8. The molecule has 1 aromatic heterocycles. The van der Waals surface area contributed by atoms with Crippen molar-refractivity contribution in [1.29, 1.82) is 0 Å². The van der Waals surface area contributed by atoms with Crippen molar-refractivity contribution in [1.82, 2.24) is 14.7 Å². The van der Waals surface area contributed by atoms with Gasteiger partial charge < -0.3 is 20.0 Å². The highest BCUT2D eigenvalue weighted by molar-refractivity contribution is 7.18. The van der Waals surface area contributed by atoms with Crippen LogP contribution in [0.25, 0.3) is 0 Å². The number of benzene rings is 2. The molecule has 4 amide bonds. The molecule has 0 unspecified atom stereocenters. The van der Waals surface area contributed by atoms with E-state index in [1.165, 1.54) is 24.2 Å². The Morgan fingerprint density at radius 3 is 2.52 bits per heavy atom. The van der Waals surface area contributed by atoms with Crippen molar-refractivity contribution in [3.63, 3.8) is 0 Å². The van der Waals surface area contributed by atoms with Gasteiger partial charge in [0.15, 0.2) is 0 Å². The van der Waals surface area contributed by atoms with Gasteiger partial charge in [0.2, 0.25) is 0 Å². The van der Waals surface area contributed by atoms with Crippen LogP contribution in [0.3, 0.4) is 0 Å². The average molecular weight is 578 g/mol. The third-order valence-electron chi connectivity index (χ3n) is 7.88. The molecule has 40 heavy (non-hydrogen) atoms. The van der Waals surface area contributed by atoms with Gasteiger partial charge in [-0.15, -0.1) is 11.3 Å². The van der Waals surface area contributed by atoms with E-state index in [1.54, 1.807) is 29.2 Å². The van der Waals surface area contributed by atoms with E-state index in [-0.39, 0.29) is 17.8 Å². The predicted octanol–water partition coefficient (Wildman–Crippen LogP) is 5.54. The van der Waals surface area contributed by atoms with Gasteiger partial charge in [-0.05, 0) is 74.3 Å². The summed E-state index contributed by atoms with van der Waals surface area (Å²) in [6.45, 7) is 6.24. The first kappa shape index (κ1) is 26.8. The summed E-state index contributed by atoms with van der Waals surface area (Å²) in [6, 6.07) is 16.8. The number of likely N-dealkylation sites (tertiary alicyclic amines) is 1. The molecule has 0 aliphatic carbocycles. The van der Waals surface area contributed by atoms with Crippen LogP contribution in [-0.4, -0.2) is 71.8 Å². The number of nitrogens with one attached hydrogen (secondary N) is 1. The number of hydrogen-bond donors (Lipinski definition) is 1. The second-order valence-electron chi connectivity index (χ2n) is 10.5. The molecule has 2 saturated heterocycles. The molecule has 3 aliphatic rings. The lowest BCUT2D eigenvalue weighted by molar-refractivity contribution is 0.0766. The number of hydrogen-bond acceptors (Lipinski definition) is 5. The zero-order valence-electron chi connectivity index (χ0n) is 22.3. The third-order valence-corrected chi connectivity index (χ3v) is 9.11. The molecule has 2 aromatic carbocycles. The van der Waals surface area contributed by atoms with E-state index >= 15 is 0 Å². The number of fused-ring (bicyclic) bond motifs is 1. The number of nitrogens with zero attached hydrogens (tertiary/aromatic N) is 4. The highest BCUT2D eigenvalue weighted by Crippen LogP contribution is 2.32. The van der Waals surface area contributed by atoms with Crippen LogP contribution in [0.15, 0.2) is 54.6 Å². The maximum absolute atomic E-state index is 13.3. The van der Waals surface area contributed by atoms with Crippen molar-refractivity contribution in [3.8, 4) is 0 Å². The van der Waals surface area contributed by atoms with E-state index in [0.29, 0.717) is 40.1 Å². The summed E-state index contributed by atoms with van der Waals surface area (Å²) in [4.78, 5) is 47.9. The van der Waals surface area contributed by atoms with Crippen LogP contribution < -0.4 is 10.2 Å². The van der Waals surface area contributed by atoms with Gasteiger partial charge in [0.25, 0.3) is 11.8 Å². The summed E-state index contributed by atoms with van der Waals surface area (Å²) in [6.07, 6.45) is 3.43.